The fourth-order valence-electron chi connectivity index (χ4n) is 3.68. The zero-order valence-corrected chi connectivity index (χ0v) is 21.8. The van der Waals surface area contributed by atoms with E-state index < -0.39 is 38.3 Å². The summed E-state index contributed by atoms with van der Waals surface area (Å²) in [4.78, 5) is 22.9. The van der Waals surface area contributed by atoms with Crippen LogP contribution in [0.5, 0.6) is 0 Å². The Kier molecular flexibility index (Phi) is 7.42. The van der Waals surface area contributed by atoms with E-state index in [0.717, 1.165) is 0 Å². The van der Waals surface area contributed by atoms with Crippen LogP contribution in [0.3, 0.4) is 0 Å². The van der Waals surface area contributed by atoms with Crippen molar-refractivity contribution in [2.24, 2.45) is 15.4 Å². The number of aromatic nitrogens is 1. The molecule has 2 aromatic carbocycles. The number of sulfonamides is 1. The summed E-state index contributed by atoms with van der Waals surface area (Å²) in [6.07, 6.45) is 1.21. The van der Waals surface area contributed by atoms with E-state index in [1.54, 1.807) is 30.3 Å². The van der Waals surface area contributed by atoms with E-state index in [4.69, 9.17) is 32.5 Å². The molecular formula is C22H22ClN7O6S2. The molecule has 1 amide bonds. The highest BCUT2D eigenvalue weighted by Gasteiger charge is 2.47. The monoisotopic (exact) mass is 579 g/mol. The van der Waals surface area contributed by atoms with Gasteiger partial charge in [-0.1, -0.05) is 41.0 Å². The number of rotatable bonds is 8. The van der Waals surface area contributed by atoms with Gasteiger partial charge in [-0.2, -0.15) is 13.1 Å². The number of nitrogens with two attached hydrogens (primary N) is 3. The molecular weight excluding hydrogens is 558 g/mol. The maximum absolute atomic E-state index is 13.3. The Balaban J connectivity index is 1.58. The summed E-state index contributed by atoms with van der Waals surface area (Å²) in [6, 6.07) is 13.8. The summed E-state index contributed by atoms with van der Waals surface area (Å²) < 4.78 is 49.0. The first-order valence-electron chi connectivity index (χ1n) is 10.7. The van der Waals surface area contributed by atoms with Crippen LogP contribution in [0.1, 0.15) is 12.0 Å². The summed E-state index contributed by atoms with van der Waals surface area (Å²) in [6.45, 7) is -0.534. The van der Waals surface area contributed by atoms with Crippen LogP contribution in [0.15, 0.2) is 70.8 Å². The van der Waals surface area contributed by atoms with Crippen LogP contribution in [0.25, 0.3) is 11.1 Å². The van der Waals surface area contributed by atoms with E-state index in [2.05, 4.69) is 20.2 Å². The minimum Gasteiger partial charge on any atom is -0.398 e. The largest absolute Gasteiger partial charge is 0.398 e. The molecule has 1 aliphatic heterocycles. The number of halogens is 1. The Hall–Kier alpha value is -3.60. The van der Waals surface area contributed by atoms with Gasteiger partial charge in [0.15, 0.2) is 0 Å². The van der Waals surface area contributed by atoms with Crippen LogP contribution in [-0.2, 0) is 29.9 Å². The quantitative estimate of drug-likeness (QED) is 0.241. The molecule has 1 aromatic heterocycles. The second-order valence-corrected chi connectivity index (χ2v) is 11.6. The van der Waals surface area contributed by atoms with Crippen molar-refractivity contribution in [2.45, 2.75) is 16.9 Å². The van der Waals surface area contributed by atoms with E-state index in [-0.39, 0.29) is 22.8 Å². The zero-order chi connectivity index (χ0) is 27.7. The minimum atomic E-state index is -4.18. The lowest BCUT2D eigenvalue weighted by Crippen LogP contribution is -2.53. The fourth-order valence-corrected chi connectivity index (χ4v) is 4.99. The number of nitrogen functional groups attached to an aromatic ring is 1. The molecule has 13 nitrogen and oxygen atoms in total. The smallest absolute Gasteiger partial charge is 0.274 e. The van der Waals surface area contributed by atoms with Crippen LogP contribution < -0.4 is 26.1 Å². The second-order valence-electron chi connectivity index (χ2n) is 8.33. The van der Waals surface area contributed by atoms with Crippen LogP contribution in [0.4, 0.5) is 11.5 Å². The molecule has 200 valence electrons. The molecule has 0 saturated carbocycles. The van der Waals surface area contributed by atoms with E-state index in [1.165, 1.54) is 30.5 Å². The SMILES string of the molecule is Nc1cc(C2=NO[C@](CNS(N)(=O)=O)(C(=O)Nc3ccc(-c4ccccc4S(N)(=O)=O)cn3)C2)ccc1Cl. The number of carbonyl (C=O) groups excluding carboxylic acids is 1. The van der Waals surface area contributed by atoms with Crippen molar-refractivity contribution in [1.82, 2.24) is 9.71 Å². The third-order valence-electron chi connectivity index (χ3n) is 5.60. The highest BCUT2D eigenvalue weighted by molar-refractivity contribution is 7.89. The number of anilines is 2. The Morgan fingerprint density at radius 1 is 1.05 bits per heavy atom. The van der Waals surface area contributed by atoms with Gasteiger partial charge in [-0.15, -0.1) is 0 Å². The number of primary sulfonamides is 1. The van der Waals surface area contributed by atoms with Gasteiger partial charge in [-0.25, -0.2) is 23.7 Å². The molecule has 0 unspecified atom stereocenters. The molecule has 0 radical (unpaired) electrons. The molecule has 0 fully saturated rings. The number of hydrogen-bond donors (Lipinski definition) is 5. The van der Waals surface area contributed by atoms with E-state index in [0.29, 0.717) is 27.4 Å². The first-order valence-corrected chi connectivity index (χ1v) is 14.2. The van der Waals surface area contributed by atoms with Gasteiger partial charge in [0.2, 0.25) is 15.6 Å². The molecule has 1 aliphatic rings. The Bertz CT molecular complexity index is 1650. The average molecular weight is 580 g/mol. The molecule has 8 N–H and O–H groups in total. The number of nitrogens with one attached hydrogen (secondary N) is 2. The van der Waals surface area contributed by atoms with E-state index in [1.807, 2.05) is 0 Å². The predicted octanol–water partition coefficient (Wildman–Crippen LogP) is 0.927. The van der Waals surface area contributed by atoms with Gasteiger partial charge < -0.3 is 15.9 Å². The van der Waals surface area contributed by atoms with Crippen molar-refractivity contribution in [3.63, 3.8) is 0 Å². The third-order valence-corrected chi connectivity index (χ3v) is 7.46. The van der Waals surface area contributed by atoms with Gasteiger partial charge in [-0.05, 0) is 30.3 Å². The van der Waals surface area contributed by atoms with Crippen LogP contribution in [0.2, 0.25) is 5.02 Å². The molecule has 0 spiro atoms. The molecule has 16 heteroatoms. The second kappa shape index (κ2) is 10.3. The van der Waals surface area contributed by atoms with Crippen molar-refractivity contribution < 1.29 is 26.5 Å². The summed E-state index contributed by atoms with van der Waals surface area (Å²) in [5.41, 5.74) is 5.93. The summed E-state index contributed by atoms with van der Waals surface area (Å²) >= 11 is 5.97. The molecule has 38 heavy (non-hydrogen) atoms. The number of pyridine rings is 1. The highest BCUT2D eigenvalue weighted by atomic mass is 35.5. The Morgan fingerprint density at radius 3 is 2.39 bits per heavy atom. The molecule has 0 aliphatic carbocycles. The first kappa shape index (κ1) is 27.4. The lowest BCUT2D eigenvalue weighted by molar-refractivity contribution is -0.137. The number of amides is 1. The van der Waals surface area contributed by atoms with Crippen molar-refractivity contribution in [3.8, 4) is 11.1 Å². The number of nitrogens with zero attached hydrogens (tertiary/aromatic N) is 2. The Labute approximate surface area is 223 Å². The Morgan fingerprint density at radius 2 is 1.76 bits per heavy atom. The van der Waals surface area contributed by atoms with Crippen molar-refractivity contribution in [2.75, 3.05) is 17.6 Å². The highest BCUT2D eigenvalue weighted by Crippen LogP contribution is 2.31. The average Bonchev–Trinajstić information content (AvgIpc) is 3.30. The summed E-state index contributed by atoms with van der Waals surface area (Å²) in [5, 5.41) is 17.2. The van der Waals surface area contributed by atoms with Gasteiger partial charge in [0.1, 0.15) is 5.82 Å². The fraction of sp³-hybridized carbons (Fsp3) is 0.136. The van der Waals surface area contributed by atoms with Crippen molar-refractivity contribution in [3.05, 3.63) is 71.4 Å². The number of carbonyl (C=O) groups is 1. The van der Waals surface area contributed by atoms with Crippen LogP contribution in [0, 0.1) is 0 Å². The maximum Gasteiger partial charge on any atom is 0.274 e. The standard InChI is InChI=1S/C22H22ClN7O6S2/c23-16-7-5-13(9-17(16)24)18-10-22(36-30-18,12-28-38(26,34)35)21(31)29-20-8-6-14(11-27-20)15-3-1-2-4-19(15)37(25,32)33/h1-9,11,28H,10,12,24H2,(H2,25,32,33)(H2,26,34,35)(H,27,29,31)/t22-/m1/s1. The number of hydrogen-bond acceptors (Lipinski definition) is 9. The van der Waals surface area contributed by atoms with Crippen molar-refractivity contribution >= 4 is 55.0 Å². The normalized spacial score (nSPS) is 17.5. The molecule has 4 rings (SSSR count). The van der Waals surface area contributed by atoms with Crippen LogP contribution >= 0.6 is 11.6 Å². The topological polar surface area (TPSA) is 222 Å². The molecule has 0 saturated heterocycles. The van der Waals surface area contributed by atoms with E-state index in [9.17, 15) is 21.6 Å². The lowest BCUT2D eigenvalue weighted by atomic mass is 9.93. The lowest BCUT2D eigenvalue weighted by Gasteiger charge is -2.25. The zero-order valence-electron chi connectivity index (χ0n) is 19.5. The minimum absolute atomic E-state index is 0.0783. The molecule has 0 bridgehead atoms. The third kappa shape index (κ3) is 6.09. The summed E-state index contributed by atoms with van der Waals surface area (Å²) in [7, 11) is -8.17. The summed E-state index contributed by atoms with van der Waals surface area (Å²) in [5.74, 6) is -0.686. The van der Waals surface area contributed by atoms with Gasteiger partial charge in [-0.3, -0.25) is 4.79 Å². The number of benzene rings is 2. The van der Waals surface area contributed by atoms with Gasteiger partial charge >= 0.3 is 0 Å². The van der Waals surface area contributed by atoms with Crippen molar-refractivity contribution in [1.29, 1.82) is 0 Å². The molecule has 1 atom stereocenters. The van der Waals surface area contributed by atoms with Gasteiger partial charge in [0.25, 0.3) is 16.1 Å². The van der Waals surface area contributed by atoms with Crippen LogP contribution in [-0.4, -0.2) is 45.6 Å². The predicted molar refractivity (Wildman–Crippen MR) is 142 cm³/mol. The number of oxime groups is 1. The van der Waals surface area contributed by atoms with Gasteiger partial charge in [0.05, 0.1) is 27.9 Å². The molecule has 2 heterocycles. The molecule has 3 aromatic rings. The van der Waals surface area contributed by atoms with Gasteiger partial charge in [0, 0.05) is 29.3 Å². The van der Waals surface area contributed by atoms with E-state index >= 15 is 0 Å². The maximum atomic E-state index is 13.3. The first-order chi connectivity index (χ1) is 17.8.